The van der Waals surface area contributed by atoms with Crippen LogP contribution in [0, 0.1) is 17.6 Å². The highest BCUT2D eigenvalue weighted by atomic mass is 35.5. The van der Waals surface area contributed by atoms with E-state index < -0.39 is 11.6 Å². The highest BCUT2D eigenvalue weighted by molar-refractivity contribution is 5.85. The number of rotatable bonds is 7. The van der Waals surface area contributed by atoms with Crippen LogP contribution >= 0.6 is 12.4 Å². The van der Waals surface area contributed by atoms with Crippen LogP contribution in [-0.2, 0) is 4.79 Å². The second-order valence-corrected chi connectivity index (χ2v) is 6.09. The van der Waals surface area contributed by atoms with Gasteiger partial charge in [0.15, 0.2) is 11.6 Å². The van der Waals surface area contributed by atoms with E-state index in [1.807, 2.05) is 0 Å². The molecular formula is C17H25ClF2N2O2. The zero-order valence-electron chi connectivity index (χ0n) is 13.8. The summed E-state index contributed by atoms with van der Waals surface area (Å²) in [5.41, 5.74) is 0. The first-order chi connectivity index (χ1) is 11.0. The number of carbonyl (C=O) groups is 1. The van der Waals surface area contributed by atoms with E-state index >= 15 is 0 Å². The fourth-order valence-corrected chi connectivity index (χ4v) is 2.70. The van der Waals surface area contributed by atoms with Gasteiger partial charge in [0, 0.05) is 12.5 Å². The number of ether oxygens (including phenoxy) is 1. The van der Waals surface area contributed by atoms with Crippen molar-refractivity contribution >= 4 is 18.3 Å². The monoisotopic (exact) mass is 362 g/mol. The van der Waals surface area contributed by atoms with Crippen LogP contribution < -0.4 is 15.4 Å². The smallest absolute Gasteiger partial charge is 0.220 e. The Morgan fingerprint density at radius 1 is 1.38 bits per heavy atom. The van der Waals surface area contributed by atoms with Crippen LogP contribution in [0.5, 0.6) is 5.75 Å². The summed E-state index contributed by atoms with van der Waals surface area (Å²) in [5.74, 6) is -0.799. The first-order valence-corrected chi connectivity index (χ1v) is 8.12. The summed E-state index contributed by atoms with van der Waals surface area (Å²) < 4.78 is 31.5. The fourth-order valence-electron chi connectivity index (χ4n) is 2.70. The van der Waals surface area contributed by atoms with Gasteiger partial charge in [-0.05, 0) is 57.3 Å². The van der Waals surface area contributed by atoms with Crippen molar-refractivity contribution in [2.45, 2.75) is 38.6 Å². The summed E-state index contributed by atoms with van der Waals surface area (Å²) in [4.78, 5) is 11.9. The standard InChI is InChI=1S/C17H24F2N2O2.ClH/c1-12(11-23-16-4-3-14(18)10-15(16)19)21-17(22)5-2-13-6-8-20-9-7-13;/h3-4,10,12-13,20H,2,5-9,11H2,1H3,(H,21,22);1H. The highest BCUT2D eigenvalue weighted by Crippen LogP contribution is 2.18. The van der Waals surface area contributed by atoms with Crippen LogP contribution in [0.2, 0.25) is 0 Å². The van der Waals surface area contributed by atoms with Gasteiger partial charge in [-0.2, -0.15) is 0 Å². The fraction of sp³-hybridized carbons (Fsp3) is 0.588. The number of halogens is 3. The maximum atomic E-state index is 13.4. The zero-order chi connectivity index (χ0) is 16.7. The van der Waals surface area contributed by atoms with Crippen LogP contribution in [0.1, 0.15) is 32.6 Å². The molecule has 2 rings (SSSR count). The highest BCUT2D eigenvalue weighted by Gasteiger charge is 2.16. The van der Waals surface area contributed by atoms with Gasteiger partial charge in [-0.15, -0.1) is 12.4 Å². The minimum absolute atomic E-state index is 0. The number of carbonyl (C=O) groups excluding carboxylic acids is 1. The van der Waals surface area contributed by atoms with E-state index in [2.05, 4.69) is 10.6 Å². The lowest BCUT2D eigenvalue weighted by atomic mass is 9.93. The Balaban J connectivity index is 0.00000288. The lowest BCUT2D eigenvalue weighted by Gasteiger charge is -2.22. The number of nitrogens with one attached hydrogen (secondary N) is 2. The normalized spacial score (nSPS) is 16.1. The molecule has 1 aliphatic heterocycles. The molecule has 1 fully saturated rings. The molecule has 1 heterocycles. The Hall–Kier alpha value is -1.40. The molecule has 4 nitrogen and oxygen atoms in total. The van der Waals surface area contributed by atoms with Crippen molar-refractivity contribution in [2.24, 2.45) is 5.92 Å². The number of piperidine rings is 1. The van der Waals surface area contributed by atoms with Crippen molar-refractivity contribution in [3.8, 4) is 5.75 Å². The summed E-state index contributed by atoms with van der Waals surface area (Å²) in [6.45, 7) is 3.99. The lowest BCUT2D eigenvalue weighted by Crippen LogP contribution is -2.37. The van der Waals surface area contributed by atoms with Crippen molar-refractivity contribution < 1.29 is 18.3 Å². The third kappa shape index (κ3) is 7.01. The molecule has 0 saturated carbocycles. The van der Waals surface area contributed by atoms with Gasteiger partial charge in [-0.25, -0.2) is 8.78 Å². The van der Waals surface area contributed by atoms with Gasteiger partial charge in [0.2, 0.25) is 5.91 Å². The molecule has 1 aromatic carbocycles. The van der Waals surface area contributed by atoms with Crippen molar-refractivity contribution in [3.05, 3.63) is 29.8 Å². The van der Waals surface area contributed by atoms with Crippen LogP contribution in [0.25, 0.3) is 0 Å². The predicted molar refractivity (Wildman–Crippen MR) is 91.5 cm³/mol. The summed E-state index contributed by atoms with van der Waals surface area (Å²) >= 11 is 0. The largest absolute Gasteiger partial charge is 0.488 e. The number of benzene rings is 1. The molecule has 0 bridgehead atoms. The average molecular weight is 363 g/mol. The Morgan fingerprint density at radius 3 is 2.75 bits per heavy atom. The third-order valence-corrected chi connectivity index (χ3v) is 4.03. The molecule has 1 atom stereocenters. The predicted octanol–water partition coefficient (Wildman–Crippen LogP) is 3.05. The van der Waals surface area contributed by atoms with Gasteiger partial charge in [-0.3, -0.25) is 4.79 Å². The molecule has 1 aliphatic rings. The van der Waals surface area contributed by atoms with Crippen LogP contribution in [0.4, 0.5) is 8.78 Å². The first-order valence-electron chi connectivity index (χ1n) is 8.12. The topological polar surface area (TPSA) is 50.4 Å². The number of amides is 1. The molecule has 0 radical (unpaired) electrons. The van der Waals surface area contributed by atoms with E-state index in [9.17, 15) is 13.6 Å². The molecule has 1 aromatic rings. The molecule has 1 unspecified atom stereocenters. The van der Waals surface area contributed by atoms with Crippen LogP contribution in [-0.4, -0.2) is 31.6 Å². The van der Waals surface area contributed by atoms with Gasteiger partial charge in [0.05, 0.1) is 6.04 Å². The number of hydrogen-bond acceptors (Lipinski definition) is 3. The second-order valence-electron chi connectivity index (χ2n) is 6.09. The summed E-state index contributed by atoms with van der Waals surface area (Å²) in [6, 6.07) is 2.93. The van der Waals surface area contributed by atoms with E-state index in [-0.39, 0.29) is 36.7 Å². The Bertz CT molecular complexity index is 525. The summed E-state index contributed by atoms with van der Waals surface area (Å²) in [6.07, 6.45) is 3.64. The van der Waals surface area contributed by atoms with Gasteiger partial charge in [0.25, 0.3) is 0 Å². The maximum Gasteiger partial charge on any atom is 0.220 e. The Kier molecular flexibility index (Phi) is 9.00. The van der Waals surface area contributed by atoms with E-state index in [0.29, 0.717) is 12.3 Å². The summed E-state index contributed by atoms with van der Waals surface area (Å²) in [7, 11) is 0. The lowest BCUT2D eigenvalue weighted by molar-refractivity contribution is -0.122. The molecule has 2 N–H and O–H groups in total. The summed E-state index contributed by atoms with van der Waals surface area (Å²) in [5, 5.41) is 6.15. The minimum Gasteiger partial charge on any atom is -0.488 e. The zero-order valence-corrected chi connectivity index (χ0v) is 14.6. The quantitative estimate of drug-likeness (QED) is 0.783. The van der Waals surface area contributed by atoms with Gasteiger partial charge in [0.1, 0.15) is 12.4 Å². The maximum absolute atomic E-state index is 13.4. The van der Waals surface area contributed by atoms with E-state index in [1.54, 1.807) is 6.92 Å². The van der Waals surface area contributed by atoms with Crippen LogP contribution in [0.15, 0.2) is 18.2 Å². The van der Waals surface area contributed by atoms with Crippen molar-refractivity contribution in [2.75, 3.05) is 19.7 Å². The van der Waals surface area contributed by atoms with Crippen molar-refractivity contribution in [1.29, 1.82) is 0 Å². The molecule has 0 spiro atoms. The van der Waals surface area contributed by atoms with E-state index in [4.69, 9.17) is 4.74 Å². The molecule has 0 aliphatic carbocycles. The van der Waals surface area contributed by atoms with Gasteiger partial charge >= 0.3 is 0 Å². The van der Waals surface area contributed by atoms with E-state index in [1.165, 1.54) is 6.07 Å². The van der Waals surface area contributed by atoms with Crippen molar-refractivity contribution in [3.63, 3.8) is 0 Å². The Morgan fingerprint density at radius 2 is 2.08 bits per heavy atom. The molecular weight excluding hydrogens is 338 g/mol. The van der Waals surface area contributed by atoms with E-state index in [0.717, 1.165) is 44.5 Å². The molecule has 1 saturated heterocycles. The van der Waals surface area contributed by atoms with Crippen LogP contribution in [0.3, 0.4) is 0 Å². The van der Waals surface area contributed by atoms with Gasteiger partial charge in [-0.1, -0.05) is 0 Å². The first kappa shape index (κ1) is 20.6. The third-order valence-electron chi connectivity index (χ3n) is 4.03. The molecule has 7 heteroatoms. The minimum atomic E-state index is -0.741. The molecule has 0 aromatic heterocycles. The second kappa shape index (κ2) is 10.5. The molecule has 136 valence electrons. The average Bonchev–Trinajstić information content (AvgIpc) is 2.53. The number of hydrogen-bond donors (Lipinski definition) is 2. The van der Waals surface area contributed by atoms with Crippen molar-refractivity contribution in [1.82, 2.24) is 10.6 Å². The Labute approximate surface area is 147 Å². The SMILES string of the molecule is CC(COc1ccc(F)cc1F)NC(=O)CCC1CCNCC1.Cl. The molecule has 24 heavy (non-hydrogen) atoms. The molecule has 1 amide bonds. The van der Waals surface area contributed by atoms with Gasteiger partial charge < -0.3 is 15.4 Å².